The molecule has 5 heteroatoms. The molecule has 21 heavy (non-hydrogen) atoms. The highest BCUT2D eigenvalue weighted by atomic mass is 79.9. The predicted octanol–water partition coefficient (Wildman–Crippen LogP) is 4.18. The van der Waals surface area contributed by atoms with Crippen molar-refractivity contribution in [3.63, 3.8) is 0 Å². The zero-order valence-corrected chi connectivity index (χ0v) is 14.5. The third-order valence-corrected chi connectivity index (χ3v) is 3.64. The van der Waals surface area contributed by atoms with Crippen LogP contribution in [0.1, 0.15) is 38.4 Å². The van der Waals surface area contributed by atoms with Crippen molar-refractivity contribution in [2.75, 3.05) is 13.1 Å². The van der Waals surface area contributed by atoms with Gasteiger partial charge in [0.2, 0.25) is 0 Å². The van der Waals surface area contributed by atoms with Crippen molar-refractivity contribution in [1.29, 1.82) is 0 Å². The van der Waals surface area contributed by atoms with Gasteiger partial charge in [-0.3, -0.25) is 4.98 Å². The van der Waals surface area contributed by atoms with E-state index in [4.69, 9.17) is 4.74 Å². The minimum Gasteiger partial charge on any atom is -0.444 e. The maximum absolute atomic E-state index is 12.0. The molecule has 1 aromatic heterocycles. The van der Waals surface area contributed by atoms with Crippen LogP contribution < -0.4 is 0 Å². The Morgan fingerprint density at radius 1 is 1.43 bits per heavy atom. The summed E-state index contributed by atoms with van der Waals surface area (Å²) < 4.78 is 6.38. The molecule has 0 atom stereocenters. The molecule has 0 fully saturated rings. The van der Waals surface area contributed by atoms with Crippen LogP contribution in [0.15, 0.2) is 22.8 Å². The molecule has 1 aromatic rings. The van der Waals surface area contributed by atoms with Crippen molar-refractivity contribution >= 4 is 27.6 Å². The van der Waals surface area contributed by atoms with Crippen molar-refractivity contribution < 1.29 is 9.53 Å². The topological polar surface area (TPSA) is 42.4 Å². The number of carbonyl (C=O) groups is 1. The Balaban J connectivity index is 2.07. The average molecular weight is 353 g/mol. The van der Waals surface area contributed by atoms with Gasteiger partial charge in [0, 0.05) is 23.8 Å². The summed E-state index contributed by atoms with van der Waals surface area (Å²) in [5, 5.41) is 0. The summed E-state index contributed by atoms with van der Waals surface area (Å²) in [5.41, 5.74) is 2.90. The van der Waals surface area contributed by atoms with Gasteiger partial charge in [-0.1, -0.05) is 6.08 Å². The summed E-state index contributed by atoms with van der Waals surface area (Å²) in [6.45, 7) is 8.93. The minimum atomic E-state index is -0.453. The number of aromatic nitrogens is 1. The highest BCUT2D eigenvalue weighted by Gasteiger charge is 2.24. The lowest BCUT2D eigenvalue weighted by Gasteiger charge is -2.29. The van der Waals surface area contributed by atoms with E-state index in [9.17, 15) is 4.79 Å². The van der Waals surface area contributed by atoms with Gasteiger partial charge in [-0.15, -0.1) is 0 Å². The number of amides is 1. The molecule has 4 nitrogen and oxygen atoms in total. The lowest BCUT2D eigenvalue weighted by Crippen LogP contribution is -2.39. The van der Waals surface area contributed by atoms with Crippen molar-refractivity contribution in [2.45, 2.75) is 39.7 Å². The standard InChI is InChI=1S/C16H21BrN2O2/c1-11-9-13(17)10-18-14(11)12-5-7-19(8-6-12)15(20)21-16(2,3)4/h5,9-10H,6-8H2,1-4H3. The molecule has 1 aliphatic heterocycles. The Labute approximate surface area is 134 Å². The molecule has 1 aliphatic rings. The van der Waals surface area contributed by atoms with Crippen LogP contribution in [0.3, 0.4) is 0 Å². The first-order valence-corrected chi connectivity index (χ1v) is 7.85. The molecule has 0 saturated heterocycles. The molecule has 0 aliphatic carbocycles. The minimum absolute atomic E-state index is 0.252. The summed E-state index contributed by atoms with van der Waals surface area (Å²) in [6.07, 6.45) is 4.42. The SMILES string of the molecule is Cc1cc(Br)cnc1C1=CCN(C(=O)OC(C)(C)C)CC1. The van der Waals surface area contributed by atoms with E-state index >= 15 is 0 Å². The second-order valence-electron chi connectivity index (χ2n) is 6.22. The fourth-order valence-corrected chi connectivity index (χ4v) is 2.70. The Kier molecular flexibility index (Phi) is 4.71. The van der Waals surface area contributed by atoms with Gasteiger partial charge in [-0.25, -0.2) is 4.79 Å². The lowest BCUT2D eigenvalue weighted by molar-refractivity contribution is 0.0270. The van der Waals surface area contributed by atoms with Crippen molar-refractivity contribution in [1.82, 2.24) is 9.88 Å². The van der Waals surface area contributed by atoms with E-state index in [0.717, 1.165) is 22.2 Å². The van der Waals surface area contributed by atoms with Crippen molar-refractivity contribution in [2.24, 2.45) is 0 Å². The quantitative estimate of drug-likeness (QED) is 0.761. The van der Waals surface area contributed by atoms with E-state index in [1.165, 1.54) is 5.57 Å². The molecule has 2 rings (SSSR count). The zero-order chi connectivity index (χ0) is 15.6. The predicted molar refractivity (Wildman–Crippen MR) is 87.1 cm³/mol. The maximum Gasteiger partial charge on any atom is 0.410 e. The number of carbonyl (C=O) groups excluding carboxylic acids is 1. The summed E-state index contributed by atoms with van der Waals surface area (Å²) in [7, 11) is 0. The molecule has 114 valence electrons. The van der Waals surface area contributed by atoms with Crippen LogP contribution in [0, 0.1) is 6.92 Å². The third kappa shape index (κ3) is 4.30. The number of nitrogens with zero attached hydrogens (tertiary/aromatic N) is 2. The fourth-order valence-electron chi connectivity index (χ4n) is 2.25. The summed E-state index contributed by atoms with van der Waals surface area (Å²) >= 11 is 3.43. The van der Waals surface area contributed by atoms with Crippen LogP contribution >= 0.6 is 15.9 Å². The number of ether oxygens (including phenoxy) is 1. The first kappa shape index (κ1) is 16.0. The van der Waals surface area contributed by atoms with E-state index in [0.29, 0.717) is 13.1 Å². The number of pyridine rings is 1. The Morgan fingerprint density at radius 2 is 2.14 bits per heavy atom. The van der Waals surface area contributed by atoms with Gasteiger partial charge in [-0.05, 0) is 67.2 Å². The van der Waals surface area contributed by atoms with Gasteiger partial charge in [-0.2, -0.15) is 0 Å². The molecule has 1 amide bonds. The molecular formula is C16H21BrN2O2. The first-order valence-electron chi connectivity index (χ1n) is 7.06. The zero-order valence-electron chi connectivity index (χ0n) is 12.9. The Bertz CT molecular complexity index is 576. The molecule has 0 radical (unpaired) electrons. The molecule has 0 saturated carbocycles. The molecule has 2 heterocycles. The van der Waals surface area contributed by atoms with Gasteiger partial charge < -0.3 is 9.64 Å². The largest absolute Gasteiger partial charge is 0.444 e. The number of rotatable bonds is 1. The summed E-state index contributed by atoms with van der Waals surface area (Å²) in [6, 6.07) is 2.06. The van der Waals surface area contributed by atoms with Gasteiger partial charge in [0.05, 0.1) is 5.69 Å². The van der Waals surface area contributed by atoms with E-state index in [1.807, 2.05) is 33.9 Å². The number of halogens is 1. The van der Waals surface area contributed by atoms with E-state index < -0.39 is 5.60 Å². The normalized spacial score (nSPS) is 15.7. The van der Waals surface area contributed by atoms with Crippen LogP contribution in [0.5, 0.6) is 0 Å². The molecule has 0 spiro atoms. The van der Waals surface area contributed by atoms with Crippen LogP contribution in [-0.2, 0) is 4.74 Å². The molecule has 0 unspecified atom stereocenters. The van der Waals surface area contributed by atoms with Gasteiger partial charge in [0.1, 0.15) is 5.60 Å². The Morgan fingerprint density at radius 3 is 2.67 bits per heavy atom. The van der Waals surface area contributed by atoms with Crippen LogP contribution in [-0.4, -0.2) is 34.7 Å². The fraction of sp³-hybridized carbons (Fsp3) is 0.500. The van der Waals surface area contributed by atoms with Gasteiger partial charge in [0.25, 0.3) is 0 Å². The highest BCUT2D eigenvalue weighted by molar-refractivity contribution is 9.10. The highest BCUT2D eigenvalue weighted by Crippen LogP contribution is 2.25. The summed E-state index contributed by atoms with van der Waals surface area (Å²) in [5.74, 6) is 0. The third-order valence-electron chi connectivity index (χ3n) is 3.21. The smallest absolute Gasteiger partial charge is 0.410 e. The van der Waals surface area contributed by atoms with Crippen molar-refractivity contribution in [3.8, 4) is 0 Å². The number of hydrogen-bond acceptors (Lipinski definition) is 3. The van der Waals surface area contributed by atoms with Gasteiger partial charge in [0.15, 0.2) is 0 Å². The Hall–Kier alpha value is -1.36. The maximum atomic E-state index is 12.0. The van der Waals surface area contributed by atoms with Crippen LogP contribution in [0.25, 0.3) is 5.57 Å². The molecule has 0 bridgehead atoms. The molecule has 0 N–H and O–H groups in total. The second-order valence-corrected chi connectivity index (χ2v) is 7.14. The second kappa shape index (κ2) is 6.18. The number of hydrogen-bond donors (Lipinski definition) is 0. The van der Waals surface area contributed by atoms with E-state index in [-0.39, 0.29) is 6.09 Å². The van der Waals surface area contributed by atoms with E-state index in [1.54, 1.807) is 4.90 Å². The first-order chi connectivity index (χ1) is 9.76. The van der Waals surface area contributed by atoms with E-state index in [2.05, 4.69) is 33.1 Å². The number of aryl methyl sites for hydroxylation is 1. The molecule has 0 aromatic carbocycles. The molecular weight excluding hydrogens is 332 g/mol. The monoisotopic (exact) mass is 352 g/mol. The van der Waals surface area contributed by atoms with Gasteiger partial charge >= 0.3 is 6.09 Å². The summed E-state index contributed by atoms with van der Waals surface area (Å²) in [4.78, 5) is 18.2. The van der Waals surface area contributed by atoms with Crippen LogP contribution in [0.4, 0.5) is 4.79 Å². The lowest BCUT2D eigenvalue weighted by atomic mass is 10.0. The van der Waals surface area contributed by atoms with Crippen LogP contribution in [0.2, 0.25) is 0 Å². The average Bonchev–Trinajstić information content (AvgIpc) is 2.37. The van der Waals surface area contributed by atoms with Crippen molar-refractivity contribution in [3.05, 3.63) is 34.1 Å².